The smallest absolute Gasteiger partial charge is 0.146 e. The van der Waals surface area contributed by atoms with E-state index in [0.717, 1.165) is 5.69 Å². The van der Waals surface area contributed by atoms with Crippen LogP contribution in [0.4, 0.5) is 5.69 Å². The highest BCUT2D eigenvalue weighted by Crippen LogP contribution is 2.10. The normalized spacial score (nSPS) is 12.7. The van der Waals surface area contributed by atoms with Crippen LogP contribution in [0.25, 0.3) is 0 Å². The summed E-state index contributed by atoms with van der Waals surface area (Å²) in [4.78, 5) is 0.660. The molecule has 4 nitrogen and oxygen atoms in total. The molecule has 0 spiro atoms. The summed E-state index contributed by atoms with van der Waals surface area (Å²) in [5, 5.41) is 15.1. The molecular weight excluding hydrogens is 190 g/mol. The Morgan fingerprint density at radius 1 is 1.20 bits per heavy atom. The van der Waals surface area contributed by atoms with E-state index in [9.17, 15) is 5.21 Å². The second-order valence-corrected chi connectivity index (χ2v) is 4.52. The highest BCUT2D eigenvalue weighted by molar-refractivity contribution is 5.43. The molecule has 0 atom stereocenters. The molecule has 1 aromatic carbocycles. The van der Waals surface area contributed by atoms with Crippen molar-refractivity contribution < 1.29 is 4.86 Å². The fraction of sp³-hybridized carbons (Fsp3) is 0.455. The van der Waals surface area contributed by atoms with Gasteiger partial charge in [0.05, 0.1) is 5.22 Å². The van der Waals surface area contributed by atoms with Crippen LogP contribution >= 0.6 is 0 Å². The summed E-state index contributed by atoms with van der Waals surface area (Å²) in [7, 11) is 0. The molecule has 1 rings (SSSR count). The van der Waals surface area contributed by atoms with Gasteiger partial charge in [0.25, 0.3) is 0 Å². The molecule has 0 aromatic heterocycles. The van der Waals surface area contributed by atoms with E-state index in [1.165, 1.54) is 5.56 Å². The van der Waals surface area contributed by atoms with E-state index in [1.54, 1.807) is 20.8 Å². The average Bonchev–Trinajstić information content (AvgIpc) is 2.15. The summed E-state index contributed by atoms with van der Waals surface area (Å²) in [6, 6.07) is 7.69. The van der Waals surface area contributed by atoms with Gasteiger partial charge in [0.2, 0.25) is 0 Å². The first-order valence-electron chi connectivity index (χ1n) is 4.90. The number of anilines is 1. The molecule has 82 valence electrons. The average molecular weight is 207 g/mol. The van der Waals surface area contributed by atoms with Crippen molar-refractivity contribution in [2.24, 2.45) is 5.22 Å². The maximum atomic E-state index is 11.4. The van der Waals surface area contributed by atoms with Crippen molar-refractivity contribution in [2.45, 2.75) is 33.2 Å². The molecule has 0 heterocycles. The standard InChI is InChI=1S/C11H17N3O/c1-9-5-7-10(8-6-9)12-13-14(15)11(2,3)4/h5-8,12H,1-4H3/b14-13-. The quantitative estimate of drug-likeness (QED) is 0.460. The van der Waals surface area contributed by atoms with Gasteiger partial charge in [-0.1, -0.05) is 17.7 Å². The van der Waals surface area contributed by atoms with Crippen molar-refractivity contribution in [2.75, 3.05) is 5.43 Å². The van der Waals surface area contributed by atoms with E-state index in [4.69, 9.17) is 0 Å². The van der Waals surface area contributed by atoms with Crippen LogP contribution < -0.4 is 5.43 Å². The first kappa shape index (κ1) is 11.5. The molecular formula is C11H17N3O. The molecule has 0 aliphatic rings. The minimum Gasteiger partial charge on any atom is -0.695 e. The van der Waals surface area contributed by atoms with Crippen LogP contribution in [0.3, 0.4) is 0 Å². The van der Waals surface area contributed by atoms with Crippen LogP contribution in [-0.4, -0.2) is 10.4 Å². The molecule has 0 fully saturated rings. The molecule has 15 heavy (non-hydrogen) atoms. The number of hydrogen-bond donors (Lipinski definition) is 1. The van der Waals surface area contributed by atoms with Crippen LogP contribution in [-0.2, 0) is 0 Å². The van der Waals surface area contributed by atoms with Gasteiger partial charge in [-0.15, -0.1) is 5.43 Å². The van der Waals surface area contributed by atoms with Crippen molar-refractivity contribution in [3.63, 3.8) is 0 Å². The number of hydroxylamine groups is 1. The lowest BCUT2D eigenvalue weighted by atomic mass is 10.1. The Morgan fingerprint density at radius 3 is 2.20 bits per heavy atom. The zero-order chi connectivity index (χ0) is 11.5. The topological polar surface area (TPSA) is 50.5 Å². The van der Waals surface area contributed by atoms with Gasteiger partial charge in [-0.3, -0.25) is 0 Å². The van der Waals surface area contributed by atoms with Gasteiger partial charge in [0, 0.05) is 0 Å². The molecule has 0 amide bonds. The maximum absolute atomic E-state index is 11.4. The van der Waals surface area contributed by atoms with Gasteiger partial charge in [0.15, 0.2) is 0 Å². The fourth-order valence-corrected chi connectivity index (χ4v) is 0.881. The summed E-state index contributed by atoms with van der Waals surface area (Å²) in [5.41, 5.74) is 4.19. The Morgan fingerprint density at radius 2 is 1.73 bits per heavy atom. The minimum atomic E-state index is -0.516. The van der Waals surface area contributed by atoms with E-state index in [1.807, 2.05) is 31.2 Å². The summed E-state index contributed by atoms with van der Waals surface area (Å²) >= 11 is 0. The first-order chi connectivity index (χ1) is 6.89. The molecule has 0 bridgehead atoms. The van der Waals surface area contributed by atoms with Gasteiger partial charge >= 0.3 is 0 Å². The monoisotopic (exact) mass is 207 g/mol. The zero-order valence-corrected chi connectivity index (χ0v) is 9.61. The third kappa shape index (κ3) is 3.58. The van der Waals surface area contributed by atoms with Gasteiger partial charge < -0.3 is 5.21 Å². The van der Waals surface area contributed by atoms with Crippen LogP contribution in [0, 0.1) is 12.1 Å². The molecule has 0 aliphatic carbocycles. The molecule has 0 saturated carbocycles. The third-order valence-corrected chi connectivity index (χ3v) is 1.90. The largest absolute Gasteiger partial charge is 0.695 e. The Bertz CT molecular complexity index is 349. The van der Waals surface area contributed by atoms with Crippen molar-refractivity contribution in [3.05, 3.63) is 35.0 Å². The third-order valence-electron chi connectivity index (χ3n) is 1.90. The Balaban J connectivity index is 2.68. The highest BCUT2D eigenvalue weighted by Gasteiger charge is 2.15. The second-order valence-electron chi connectivity index (χ2n) is 4.52. The molecule has 0 saturated heterocycles. The Kier molecular flexibility index (Phi) is 3.29. The SMILES string of the molecule is Cc1ccc(N/N=[N+](\[O-])C(C)(C)C)cc1. The van der Waals surface area contributed by atoms with Crippen molar-refractivity contribution >= 4 is 5.69 Å². The lowest BCUT2D eigenvalue weighted by Gasteiger charge is -2.20. The van der Waals surface area contributed by atoms with Crippen LogP contribution in [0.1, 0.15) is 26.3 Å². The lowest BCUT2D eigenvalue weighted by Crippen LogP contribution is -2.27. The molecule has 0 radical (unpaired) electrons. The van der Waals surface area contributed by atoms with Gasteiger partial charge in [-0.05, 0) is 39.8 Å². The molecule has 1 N–H and O–H groups in total. The van der Waals surface area contributed by atoms with E-state index < -0.39 is 5.54 Å². The minimum absolute atomic E-state index is 0.516. The number of nitrogens with one attached hydrogen (secondary N) is 1. The zero-order valence-electron chi connectivity index (χ0n) is 9.61. The summed E-state index contributed by atoms with van der Waals surface area (Å²) < 4.78 is 0. The van der Waals surface area contributed by atoms with Gasteiger partial charge in [-0.2, -0.15) is 4.86 Å². The second kappa shape index (κ2) is 4.29. The first-order valence-corrected chi connectivity index (χ1v) is 4.90. The van der Waals surface area contributed by atoms with Crippen LogP contribution in [0.15, 0.2) is 29.5 Å². The number of nitrogens with zero attached hydrogens (tertiary/aromatic N) is 2. The van der Waals surface area contributed by atoms with E-state index in [2.05, 4.69) is 10.6 Å². The molecule has 4 heteroatoms. The predicted octanol–water partition coefficient (Wildman–Crippen LogP) is 3.08. The van der Waals surface area contributed by atoms with Crippen LogP contribution in [0.5, 0.6) is 0 Å². The van der Waals surface area contributed by atoms with Crippen molar-refractivity contribution in [3.8, 4) is 0 Å². The number of benzene rings is 1. The fourth-order valence-electron chi connectivity index (χ4n) is 0.881. The maximum Gasteiger partial charge on any atom is 0.146 e. The van der Waals surface area contributed by atoms with Gasteiger partial charge in [-0.25, -0.2) is 0 Å². The molecule has 0 aliphatic heterocycles. The summed E-state index contributed by atoms with van der Waals surface area (Å²) in [5.74, 6) is 0. The number of rotatable bonds is 2. The van der Waals surface area contributed by atoms with Crippen molar-refractivity contribution in [1.29, 1.82) is 0 Å². The van der Waals surface area contributed by atoms with E-state index in [-0.39, 0.29) is 0 Å². The van der Waals surface area contributed by atoms with E-state index >= 15 is 0 Å². The summed E-state index contributed by atoms with van der Waals surface area (Å²) in [6.07, 6.45) is 0. The number of hydrogen-bond acceptors (Lipinski definition) is 2. The van der Waals surface area contributed by atoms with Crippen LogP contribution in [0.2, 0.25) is 0 Å². The number of aryl methyl sites for hydroxylation is 1. The lowest BCUT2D eigenvalue weighted by molar-refractivity contribution is -0.597. The van der Waals surface area contributed by atoms with Crippen molar-refractivity contribution in [1.82, 2.24) is 0 Å². The Labute approximate surface area is 90.2 Å². The van der Waals surface area contributed by atoms with E-state index in [0.29, 0.717) is 4.86 Å². The Hall–Kier alpha value is -1.58. The molecule has 1 aromatic rings. The summed E-state index contributed by atoms with van der Waals surface area (Å²) in [6.45, 7) is 7.43. The molecule has 0 unspecified atom stereocenters. The predicted molar refractivity (Wildman–Crippen MR) is 60.6 cm³/mol. The highest BCUT2D eigenvalue weighted by atomic mass is 16.5. The van der Waals surface area contributed by atoms with Gasteiger partial charge in [0.1, 0.15) is 11.2 Å².